The Labute approximate surface area is 163 Å². The summed E-state index contributed by atoms with van der Waals surface area (Å²) in [5.74, 6) is 1.27. The van der Waals surface area contributed by atoms with Gasteiger partial charge in [0.25, 0.3) is 5.91 Å². The van der Waals surface area contributed by atoms with Crippen LogP contribution in [-0.2, 0) is 14.8 Å². The molecule has 0 spiro atoms. The summed E-state index contributed by atoms with van der Waals surface area (Å²) in [5.41, 5.74) is 0. The Morgan fingerprint density at radius 1 is 1.15 bits per heavy atom. The molecule has 1 amide bonds. The number of quaternary nitrogens is 1. The van der Waals surface area contributed by atoms with Gasteiger partial charge < -0.3 is 10.2 Å². The summed E-state index contributed by atoms with van der Waals surface area (Å²) in [4.78, 5) is 14.0. The summed E-state index contributed by atoms with van der Waals surface area (Å²) in [5, 5.41) is 3.22. The molecular formula is C20H32N3O3S+. The lowest BCUT2D eigenvalue weighted by atomic mass is 9.78. The maximum atomic E-state index is 12.7. The van der Waals surface area contributed by atoms with Crippen LogP contribution in [0.4, 0.5) is 0 Å². The average Bonchev–Trinajstić information content (AvgIpc) is 2.66. The number of sulfonamides is 1. The van der Waals surface area contributed by atoms with E-state index in [-0.39, 0.29) is 11.9 Å². The first kappa shape index (κ1) is 20.3. The minimum atomic E-state index is -3.43. The zero-order valence-electron chi connectivity index (χ0n) is 16.4. The highest BCUT2D eigenvalue weighted by Crippen LogP contribution is 2.29. The summed E-state index contributed by atoms with van der Waals surface area (Å²) in [7, 11) is -3.43. The van der Waals surface area contributed by atoms with Crippen LogP contribution in [-0.4, -0.2) is 57.4 Å². The molecule has 150 valence electrons. The zero-order valence-corrected chi connectivity index (χ0v) is 17.2. The molecular weight excluding hydrogens is 362 g/mol. The number of hydrogen-bond acceptors (Lipinski definition) is 3. The van der Waals surface area contributed by atoms with Crippen molar-refractivity contribution in [1.29, 1.82) is 0 Å². The molecule has 2 aliphatic rings. The SMILES string of the molecule is C[C@H]1[C@@H](NC(=O)C[NH+]2CCN(S(=O)(=O)c3ccccc3)CC2)CCC[C@@H]1C. The maximum Gasteiger partial charge on any atom is 0.275 e. The van der Waals surface area contributed by atoms with Crippen molar-refractivity contribution >= 4 is 15.9 Å². The van der Waals surface area contributed by atoms with Crippen LogP contribution in [0.1, 0.15) is 33.1 Å². The van der Waals surface area contributed by atoms with Gasteiger partial charge in [-0.05, 0) is 30.4 Å². The summed E-state index contributed by atoms with van der Waals surface area (Å²) < 4.78 is 26.9. The molecule has 0 radical (unpaired) electrons. The van der Waals surface area contributed by atoms with Gasteiger partial charge in [-0.2, -0.15) is 4.31 Å². The number of carbonyl (C=O) groups excluding carboxylic acids is 1. The standard InChI is InChI=1S/C20H31N3O3S/c1-16-7-6-10-19(17(16)2)21-20(24)15-22-11-13-23(14-12-22)27(25,26)18-8-4-3-5-9-18/h3-5,8-9,16-17,19H,6-7,10-15H2,1-2H3,(H,21,24)/p+1/t16-,17+,19-/m0/s1. The molecule has 1 saturated heterocycles. The van der Waals surface area contributed by atoms with Crippen LogP contribution >= 0.6 is 0 Å². The molecule has 27 heavy (non-hydrogen) atoms. The van der Waals surface area contributed by atoms with Crippen LogP contribution in [0.2, 0.25) is 0 Å². The van der Waals surface area contributed by atoms with E-state index in [9.17, 15) is 13.2 Å². The van der Waals surface area contributed by atoms with E-state index in [1.807, 2.05) is 6.07 Å². The summed E-state index contributed by atoms with van der Waals surface area (Å²) in [6.07, 6.45) is 3.49. The summed E-state index contributed by atoms with van der Waals surface area (Å²) in [6.45, 7) is 7.16. The molecule has 2 N–H and O–H groups in total. The predicted octanol–water partition coefficient (Wildman–Crippen LogP) is 0.517. The molecule has 2 fully saturated rings. The number of nitrogens with one attached hydrogen (secondary N) is 2. The van der Waals surface area contributed by atoms with Gasteiger partial charge in [0.05, 0.1) is 31.1 Å². The highest BCUT2D eigenvalue weighted by atomic mass is 32.2. The number of amides is 1. The second kappa shape index (κ2) is 8.71. The number of piperazine rings is 1. The Bertz CT molecular complexity index is 730. The van der Waals surface area contributed by atoms with E-state index in [4.69, 9.17) is 0 Å². The molecule has 0 aromatic heterocycles. The molecule has 1 aromatic rings. The van der Waals surface area contributed by atoms with Crippen molar-refractivity contribution in [2.75, 3.05) is 32.7 Å². The van der Waals surface area contributed by atoms with E-state index < -0.39 is 10.0 Å². The minimum absolute atomic E-state index is 0.0929. The van der Waals surface area contributed by atoms with Gasteiger partial charge in [-0.15, -0.1) is 0 Å². The van der Waals surface area contributed by atoms with Crippen molar-refractivity contribution in [3.05, 3.63) is 30.3 Å². The Hall–Kier alpha value is -1.44. The minimum Gasteiger partial charge on any atom is -0.348 e. The second-order valence-corrected chi connectivity index (χ2v) is 10.0. The van der Waals surface area contributed by atoms with Gasteiger partial charge in [-0.3, -0.25) is 4.79 Å². The van der Waals surface area contributed by atoms with E-state index >= 15 is 0 Å². The van der Waals surface area contributed by atoms with E-state index in [1.165, 1.54) is 17.1 Å². The van der Waals surface area contributed by atoms with Gasteiger partial charge in [0.1, 0.15) is 0 Å². The van der Waals surface area contributed by atoms with E-state index in [2.05, 4.69) is 19.2 Å². The summed E-state index contributed by atoms with van der Waals surface area (Å²) in [6, 6.07) is 8.84. The lowest BCUT2D eigenvalue weighted by Crippen LogP contribution is -3.15. The van der Waals surface area contributed by atoms with Gasteiger partial charge in [0.2, 0.25) is 10.0 Å². The lowest BCUT2D eigenvalue weighted by molar-refractivity contribution is -0.895. The molecule has 7 heteroatoms. The van der Waals surface area contributed by atoms with Crippen molar-refractivity contribution in [3.63, 3.8) is 0 Å². The van der Waals surface area contributed by atoms with Crippen molar-refractivity contribution in [3.8, 4) is 0 Å². The fourth-order valence-electron chi connectivity index (χ4n) is 4.23. The molecule has 1 saturated carbocycles. The molecule has 3 atom stereocenters. The molecule has 1 aromatic carbocycles. The number of benzene rings is 1. The topological polar surface area (TPSA) is 70.9 Å². The van der Waals surface area contributed by atoms with Gasteiger partial charge in [0, 0.05) is 6.04 Å². The Kier molecular flexibility index (Phi) is 6.55. The molecule has 0 bridgehead atoms. The van der Waals surface area contributed by atoms with E-state index in [0.29, 0.717) is 49.5 Å². The fraction of sp³-hybridized carbons (Fsp3) is 0.650. The third-order valence-electron chi connectivity index (χ3n) is 6.27. The van der Waals surface area contributed by atoms with Gasteiger partial charge >= 0.3 is 0 Å². The van der Waals surface area contributed by atoms with Crippen LogP contribution in [0.3, 0.4) is 0 Å². The quantitative estimate of drug-likeness (QED) is 0.765. The monoisotopic (exact) mass is 394 g/mol. The fourth-order valence-corrected chi connectivity index (χ4v) is 5.69. The van der Waals surface area contributed by atoms with Crippen LogP contribution in [0, 0.1) is 11.8 Å². The van der Waals surface area contributed by atoms with Gasteiger partial charge in [-0.1, -0.05) is 44.9 Å². The molecule has 1 aliphatic heterocycles. The van der Waals surface area contributed by atoms with Crippen molar-refractivity contribution in [1.82, 2.24) is 9.62 Å². The van der Waals surface area contributed by atoms with Crippen LogP contribution in [0.25, 0.3) is 0 Å². The number of carbonyl (C=O) groups is 1. The number of nitrogens with zero attached hydrogens (tertiary/aromatic N) is 1. The first-order valence-corrected chi connectivity index (χ1v) is 11.5. The Balaban J connectivity index is 1.49. The smallest absolute Gasteiger partial charge is 0.275 e. The summed E-state index contributed by atoms with van der Waals surface area (Å²) >= 11 is 0. The van der Waals surface area contributed by atoms with E-state index in [0.717, 1.165) is 11.3 Å². The first-order chi connectivity index (χ1) is 12.9. The average molecular weight is 395 g/mol. The molecule has 1 heterocycles. The maximum absolute atomic E-state index is 12.7. The molecule has 3 rings (SSSR count). The Morgan fingerprint density at radius 3 is 2.48 bits per heavy atom. The van der Waals surface area contributed by atoms with Gasteiger partial charge in [-0.25, -0.2) is 8.42 Å². The third-order valence-corrected chi connectivity index (χ3v) is 8.19. The second-order valence-electron chi connectivity index (χ2n) is 8.09. The van der Waals surface area contributed by atoms with Gasteiger partial charge in [0.15, 0.2) is 6.54 Å². The number of rotatable bonds is 5. The molecule has 1 aliphatic carbocycles. The molecule has 0 unspecified atom stereocenters. The predicted molar refractivity (Wildman–Crippen MR) is 105 cm³/mol. The number of hydrogen-bond donors (Lipinski definition) is 2. The van der Waals surface area contributed by atoms with E-state index in [1.54, 1.807) is 24.3 Å². The van der Waals surface area contributed by atoms with Crippen LogP contribution < -0.4 is 10.2 Å². The zero-order chi connectivity index (χ0) is 19.4. The van der Waals surface area contributed by atoms with Crippen LogP contribution in [0.5, 0.6) is 0 Å². The van der Waals surface area contributed by atoms with Crippen molar-refractivity contribution in [2.45, 2.75) is 44.0 Å². The highest BCUT2D eigenvalue weighted by Gasteiger charge is 2.32. The highest BCUT2D eigenvalue weighted by molar-refractivity contribution is 7.89. The van der Waals surface area contributed by atoms with Crippen molar-refractivity contribution in [2.24, 2.45) is 11.8 Å². The normalized spacial score (nSPS) is 28.0. The third kappa shape index (κ3) is 4.89. The first-order valence-electron chi connectivity index (χ1n) is 10.1. The molecule has 6 nitrogen and oxygen atoms in total. The van der Waals surface area contributed by atoms with Crippen LogP contribution in [0.15, 0.2) is 35.2 Å². The Morgan fingerprint density at radius 2 is 1.81 bits per heavy atom. The largest absolute Gasteiger partial charge is 0.348 e. The van der Waals surface area contributed by atoms with Crippen molar-refractivity contribution < 1.29 is 18.1 Å². The lowest BCUT2D eigenvalue weighted by Gasteiger charge is -2.35.